The molecule has 2 aliphatic heterocycles. The van der Waals surface area contributed by atoms with Gasteiger partial charge >= 0.3 is 0 Å². The van der Waals surface area contributed by atoms with Crippen LogP contribution in [0.4, 0.5) is 0 Å². The lowest BCUT2D eigenvalue weighted by Gasteiger charge is -2.44. The smallest absolute Gasteiger partial charge is 0.193 e. The molecule has 0 bridgehead atoms. The molecule has 0 spiro atoms. The maximum absolute atomic E-state index is 12.2. The Labute approximate surface area is 177 Å². The molecule has 26 heavy (non-hydrogen) atoms. The molecule has 0 aromatic carbocycles. The van der Waals surface area contributed by atoms with E-state index in [1.807, 2.05) is 0 Å². The van der Waals surface area contributed by atoms with Gasteiger partial charge in [-0.15, -0.1) is 24.0 Å². The lowest BCUT2D eigenvalue weighted by Crippen LogP contribution is -2.60. The van der Waals surface area contributed by atoms with Crippen LogP contribution in [0.1, 0.15) is 47.5 Å². The molecule has 0 amide bonds. The molecule has 1 N–H and O–H groups in total. The second-order valence-corrected chi connectivity index (χ2v) is 11.6. The first-order chi connectivity index (χ1) is 11.5. The first-order valence-electron chi connectivity index (χ1n) is 9.41. The molecule has 1 unspecified atom stereocenters. The van der Waals surface area contributed by atoms with Gasteiger partial charge in [0.05, 0.1) is 10.5 Å². The van der Waals surface area contributed by atoms with Crippen molar-refractivity contribution < 1.29 is 8.42 Å². The normalized spacial score (nSPS) is 26.9. The molecule has 0 saturated carbocycles. The minimum absolute atomic E-state index is 0. The zero-order chi connectivity index (χ0) is 18.9. The predicted octanol–water partition coefficient (Wildman–Crippen LogP) is 2.20. The Morgan fingerprint density at radius 3 is 2.50 bits per heavy atom. The number of likely N-dealkylation sites (tertiary alicyclic amines) is 1. The van der Waals surface area contributed by atoms with E-state index in [4.69, 9.17) is 0 Å². The molecule has 1 atom stereocenters. The molecule has 2 rings (SSSR count). The van der Waals surface area contributed by atoms with Crippen molar-refractivity contribution in [2.45, 2.75) is 57.7 Å². The highest BCUT2D eigenvalue weighted by atomic mass is 127. The van der Waals surface area contributed by atoms with Gasteiger partial charge in [-0.3, -0.25) is 9.89 Å². The fourth-order valence-corrected chi connectivity index (χ4v) is 5.17. The molecule has 0 aromatic heterocycles. The number of guanidine groups is 1. The summed E-state index contributed by atoms with van der Waals surface area (Å²) in [5.74, 6) is 1.75. The number of hydrogen-bond acceptors (Lipinski definition) is 4. The first-order valence-corrected chi connectivity index (χ1v) is 11.1. The maximum atomic E-state index is 12.2. The number of nitrogens with one attached hydrogen (secondary N) is 1. The van der Waals surface area contributed by atoms with Crippen molar-refractivity contribution in [1.29, 1.82) is 0 Å². The molecule has 0 aromatic rings. The van der Waals surface area contributed by atoms with Gasteiger partial charge in [0.2, 0.25) is 0 Å². The minimum atomic E-state index is -3.03. The summed E-state index contributed by atoms with van der Waals surface area (Å²) in [5, 5.41) is 3.50. The summed E-state index contributed by atoms with van der Waals surface area (Å²) in [4.78, 5) is 9.05. The van der Waals surface area contributed by atoms with Crippen molar-refractivity contribution in [2.75, 3.05) is 45.5 Å². The summed E-state index contributed by atoms with van der Waals surface area (Å²) in [5.41, 5.74) is 0.0437. The van der Waals surface area contributed by atoms with Crippen LogP contribution < -0.4 is 5.32 Å². The number of hydrogen-bond donors (Lipinski definition) is 1. The lowest BCUT2D eigenvalue weighted by molar-refractivity contribution is 0.0734. The largest absolute Gasteiger partial charge is 0.354 e. The Morgan fingerprint density at radius 2 is 1.96 bits per heavy atom. The molecular formula is C18H37IN4O2S. The van der Waals surface area contributed by atoms with Gasteiger partial charge in [0.1, 0.15) is 0 Å². The zero-order valence-electron chi connectivity index (χ0n) is 17.2. The second-order valence-electron chi connectivity index (χ2n) is 8.91. The van der Waals surface area contributed by atoms with Crippen molar-refractivity contribution in [1.82, 2.24) is 15.1 Å². The topological polar surface area (TPSA) is 65.0 Å². The van der Waals surface area contributed by atoms with E-state index in [0.717, 1.165) is 31.5 Å². The second kappa shape index (κ2) is 8.94. The van der Waals surface area contributed by atoms with Crippen LogP contribution in [0.2, 0.25) is 0 Å². The average Bonchev–Trinajstić information content (AvgIpc) is 2.51. The third-order valence-electron chi connectivity index (χ3n) is 5.75. The van der Waals surface area contributed by atoms with E-state index in [2.05, 4.69) is 40.9 Å². The van der Waals surface area contributed by atoms with Gasteiger partial charge in [-0.1, -0.05) is 6.92 Å². The number of sulfone groups is 1. The highest BCUT2D eigenvalue weighted by Crippen LogP contribution is 2.25. The van der Waals surface area contributed by atoms with Gasteiger partial charge < -0.3 is 10.2 Å². The first kappa shape index (κ1) is 23.9. The van der Waals surface area contributed by atoms with Crippen LogP contribution >= 0.6 is 24.0 Å². The van der Waals surface area contributed by atoms with Gasteiger partial charge in [-0.2, -0.15) is 0 Å². The monoisotopic (exact) mass is 500 g/mol. The Hall–Kier alpha value is -0.0900. The van der Waals surface area contributed by atoms with Crippen molar-refractivity contribution in [3.63, 3.8) is 0 Å². The van der Waals surface area contributed by atoms with E-state index in [0.29, 0.717) is 13.1 Å². The number of halogens is 1. The van der Waals surface area contributed by atoms with Crippen molar-refractivity contribution in [3.05, 3.63) is 0 Å². The third-order valence-corrected chi connectivity index (χ3v) is 8.28. The fraction of sp³-hybridized carbons (Fsp3) is 0.944. The summed E-state index contributed by atoms with van der Waals surface area (Å²) < 4.78 is 23.7. The molecule has 2 heterocycles. The minimum Gasteiger partial charge on any atom is -0.354 e. The molecular weight excluding hydrogens is 463 g/mol. The third kappa shape index (κ3) is 5.47. The predicted molar refractivity (Wildman–Crippen MR) is 120 cm³/mol. The molecule has 6 nitrogen and oxygen atoms in total. The van der Waals surface area contributed by atoms with Crippen LogP contribution in [0.25, 0.3) is 0 Å². The molecule has 0 radical (unpaired) electrons. The Balaban J connectivity index is 0.00000338. The van der Waals surface area contributed by atoms with Crippen molar-refractivity contribution >= 4 is 39.8 Å². The van der Waals surface area contributed by atoms with Crippen LogP contribution in [0, 0.1) is 5.92 Å². The molecule has 2 fully saturated rings. The summed E-state index contributed by atoms with van der Waals surface area (Å²) in [6, 6.07) is 0. The quantitative estimate of drug-likeness (QED) is 0.366. The Bertz CT molecular complexity index is 604. The maximum Gasteiger partial charge on any atom is 0.193 e. The number of rotatable bonds is 3. The summed E-state index contributed by atoms with van der Waals surface area (Å²) in [6.07, 6.45) is 2.58. The van der Waals surface area contributed by atoms with Crippen molar-refractivity contribution in [2.24, 2.45) is 10.9 Å². The molecule has 0 aliphatic carbocycles. The molecule has 8 heteroatoms. The van der Waals surface area contributed by atoms with Crippen LogP contribution in [0.5, 0.6) is 0 Å². The number of aliphatic imine (C=N–C) groups is 1. The summed E-state index contributed by atoms with van der Waals surface area (Å²) in [6.45, 7) is 14.6. The Morgan fingerprint density at radius 1 is 1.31 bits per heavy atom. The highest BCUT2D eigenvalue weighted by Gasteiger charge is 2.41. The summed E-state index contributed by atoms with van der Waals surface area (Å²) in [7, 11) is -1.26. The molecule has 2 saturated heterocycles. The van der Waals surface area contributed by atoms with Gasteiger partial charge in [-0.25, -0.2) is 8.42 Å². The lowest BCUT2D eigenvalue weighted by atomic mass is 9.93. The van der Waals surface area contributed by atoms with Gasteiger partial charge in [-0.05, 0) is 53.0 Å². The number of nitrogens with zero attached hydrogens (tertiary/aromatic N) is 3. The van der Waals surface area contributed by atoms with Crippen molar-refractivity contribution in [3.8, 4) is 0 Å². The average molecular weight is 500 g/mol. The standard InChI is InChI=1S/C18H36N4O2S.HI/c1-15-8-7-9-22(12-15)17(2,3)13-20-16(19-6)21-10-11-25(23,24)18(4,5)14-21;/h15H,7-14H2,1-6H3,(H,19,20);1H. The van der Waals surface area contributed by atoms with Crippen LogP contribution in [0.3, 0.4) is 0 Å². The fourth-order valence-electron chi connectivity index (χ4n) is 3.80. The van der Waals surface area contributed by atoms with E-state index in [9.17, 15) is 8.42 Å². The molecule has 154 valence electrons. The number of piperidine rings is 1. The highest BCUT2D eigenvalue weighted by molar-refractivity contribution is 14.0. The van der Waals surface area contributed by atoms with Crippen LogP contribution in [0.15, 0.2) is 4.99 Å². The van der Waals surface area contributed by atoms with Gasteiger partial charge in [0, 0.05) is 38.8 Å². The SMILES string of the molecule is CN=C(NCC(C)(C)N1CCCC(C)C1)N1CCS(=O)(=O)C(C)(C)C1.I. The van der Waals surface area contributed by atoms with E-state index in [1.165, 1.54) is 12.8 Å². The van der Waals surface area contributed by atoms with E-state index >= 15 is 0 Å². The van der Waals surface area contributed by atoms with E-state index < -0.39 is 14.6 Å². The van der Waals surface area contributed by atoms with Gasteiger partial charge in [0.15, 0.2) is 15.8 Å². The Kier molecular flexibility index (Phi) is 8.24. The van der Waals surface area contributed by atoms with Crippen LogP contribution in [-0.4, -0.2) is 80.0 Å². The van der Waals surface area contributed by atoms with Gasteiger partial charge in [0.25, 0.3) is 0 Å². The van der Waals surface area contributed by atoms with E-state index in [-0.39, 0.29) is 35.3 Å². The van der Waals surface area contributed by atoms with E-state index in [1.54, 1.807) is 20.9 Å². The zero-order valence-corrected chi connectivity index (χ0v) is 20.4. The summed E-state index contributed by atoms with van der Waals surface area (Å²) >= 11 is 0. The van der Waals surface area contributed by atoms with Crippen LogP contribution in [-0.2, 0) is 9.84 Å². The molecule has 2 aliphatic rings.